The van der Waals surface area contributed by atoms with Crippen LogP contribution in [0.2, 0.25) is 0 Å². The van der Waals surface area contributed by atoms with Crippen molar-refractivity contribution >= 4 is 29.6 Å². The standard InChI is InChI=1S/C34H34N2O6.2C2H3N.Cu.F6P/c1-2-28-8-14-32-26-5-11-30(12-6-26)42-24-22-40-20-18-38-16-15-37-17-19-39-21-23-41-29-9-3-25(4-10-29)31-13-7-27(1)33(35-31)34(28)36-32;2*1-2-3;;1-7(2,3,4,5)6/h1-14H,15-24H2;2*1H3;;/q;;;+1;-1. The van der Waals surface area contributed by atoms with E-state index in [1.165, 1.54) is 13.8 Å². The van der Waals surface area contributed by atoms with Crippen LogP contribution in [0.4, 0.5) is 25.2 Å². The Kier molecular flexibility index (Phi) is 18.9. The molecule has 0 aliphatic carbocycles. The Morgan fingerprint density at radius 1 is 0.464 bits per heavy atom. The molecule has 8 rings (SSSR count). The van der Waals surface area contributed by atoms with Crippen LogP contribution >= 0.6 is 7.81 Å². The zero-order valence-electron chi connectivity index (χ0n) is 30.4. The van der Waals surface area contributed by atoms with Gasteiger partial charge in [-0.2, -0.15) is 10.5 Å². The zero-order chi connectivity index (χ0) is 40.2. The molecule has 0 fully saturated rings. The molecule has 8 bridgehead atoms. The summed E-state index contributed by atoms with van der Waals surface area (Å²) in [5, 5.41) is 16.7. The van der Waals surface area contributed by atoms with Crippen LogP contribution in [0.15, 0.2) is 84.9 Å². The van der Waals surface area contributed by atoms with Crippen molar-refractivity contribution in [3.8, 4) is 46.2 Å². The average molecular weight is 857 g/mol. The van der Waals surface area contributed by atoms with Crippen molar-refractivity contribution < 1.29 is 70.7 Å². The number of nitrogens with zero attached hydrogens (tertiary/aromatic N) is 4. The summed E-state index contributed by atoms with van der Waals surface area (Å²) in [4.78, 5) is 10.1. The maximum Gasteiger partial charge on any atom is 1.00 e. The van der Waals surface area contributed by atoms with E-state index in [9.17, 15) is 25.2 Å². The van der Waals surface area contributed by atoms with Crippen molar-refractivity contribution in [3.63, 3.8) is 0 Å². The predicted molar refractivity (Wildman–Crippen MR) is 198 cm³/mol. The van der Waals surface area contributed by atoms with Crippen molar-refractivity contribution in [2.75, 3.05) is 66.1 Å². The van der Waals surface area contributed by atoms with Crippen LogP contribution in [-0.2, 0) is 36.0 Å². The second-order valence-corrected chi connectivity index (χ2v) is 13.1. The van der Waals surface area contributed by atoms with Crippen molar-refractivity contribution in [1.82, 2.24) is 9.97 Å². The molecule has 18 heteroatoms. The van der Waals surface area contributed by atoms with Gasteiger partial charge in [0.1, 0.15) is 24.7 Å². The third kappa shape index (κ3) is 19.3. The summed E-state index contributed by atoms with van der Waals surface area (Å²) in [6, 6.07) is 31.9. The molecular formula is C38H40CuF6N4O6P. The van der Waals surface area contributed by atoms with E-state index in [0.717, 1.165) is 55.8 Å². The number of pyridine rings is 2. The topological polar surface area (TPSA) is 129 Å². The number of halogens is 6. The molecule has 3 aliphatic rings. The van der Waals surface area contributed by atoms with E-state index in [1.54, 1.807) is 12.1 Å². The van der Waals surface area contributed by atoms with Gasteiger partial charge >= 0.3 is 50.1 Å². The van der Waals surface area contributed by atoms with Crippen LogP contribution in [0.25, 0.3) is 44.3 Å². The summed E-state index contributed by atoms with van der Waals surface area (Å²) < 4.78 is 93.2. The number of fused-ring (bicyclic) bond motifs is 2. The smallest absolute Gasteiger partial charge is 0.491 e. The molecule has 0 N–H and O–H groups in total. The van der Waals surface area contributed by atoms with Crippen LogP contribution in [0, 0.1) is 22.7 Å². The second kappa shape index (κ2) is 22.2. The monoisotopic (exact) mass is 856 g/mol. The van der Waals surface area contributed by atoms with E-state index < -0.39 is 7.81 Å². The SMILES string of the molecule is CC#N.CC#N.F[P-](F)(F)(F)(F)F.[Cu+].c1cc2ccc1OCCOCCOCCOCCOCCOc1ccc(cc1)-c1ccc3ccc4ccc-2nc4c3n1. The third-order valence-electron chi connectivity index (χ3n) is 6.93. The first-order valence-electron chi connectivity index (χ1n) is 16.8. The Labute approximate surface area is 331 Å². The number of benzene rings is 3. The van der Waals surface area contributed by atoms with Gasteiger partial charge in [0, 0.05) is 35.7 Å². The first kappa shape index (κ1) is 47.6. The van der Waals surface area contributed by atoms with E-state index in [-0.39, 0.29) is 17.1 Å². The van der Waals surface area contributed by atoms with Gasteiger partial charge in [-0.3, -0.25) is 0 Å². The van der Waals surface area contributed by atoms with Crippen molar-refractivity contribution in [2.45, 2.75) is 13.8 Å². The van der Waals surface area contributed by atoms with Gasteiger partial charge in [-0.15, -0.1) is 0 Å². The molecule has 3 aromatic carbocycles. The largest absolute Gasteiger partial charge is 1.00 e. The van der Waals surface area contributed by atoms with Gasteiger partial charge in [0.2, 0.25) is 0 Å². The number of aromatic nitrogens is 2. The van der Waals surface area contributed by atoms with E-state index in [0.29, 0.717) is 66.1 Å². The number of nitriles is 2. The van der Waals surface area contributed by atoms with Crippen LogP contribution in [0.1, 0.15) is 13.8 Å². The Bertz CT molecular complexity index is 1890. The molecule has 306 valence electrons. The van der Waals surface area contributed by atoms with Crippen molar-refractivity contribution in [3.05, 3.63) is 84.9 Å². The number of ether oxygens (including phenoxy) is 6. The van der Waals surface area contributed by atoms with E-state index in [1.807, 2.05) is 60.7 Å². The molecule has 0 spiro atoms. The summed E-state index contributed by atoms with van der Waals surface area (Å²) in [7, 11) is -10.7. The van der Waals surface area contributed by atoms with Gasteiger partial charge in [0.15, 0.2) is 0 Å². The van der Waals surface area contributed by atoms with E-state index in [4.69, 9.17) is 48.9 Å². The van der Waals surface area contributed by atoms with Crippen LogP contribution in [-0.4, -0.2) is 76.0 Å². The molecule has 5 heterocycles. The molecule has 0 saturated heterocycles. The fraction of sp³-hybridized carbons (Fsp3) is 0.316. The van der Waals surface area contributed by atoms with E-state index in [2.05, 4.69) is 24.3 Å². The Morgan fingerprint density at radius 2 is 0.714 bits per heavy atom. The minimum Gasteiger partial charge on any atom is -0.491 e. The maximum atomic E-state index is 9.87. The van der Waals surface area contributed by atoms with Gasteiger partial charge < -0.3 is 28.4 Å². The fourth-order valence-electron chi connectivity index (χ4n) is 4.73. The summed E-state index contributed by atoms with van der Waals surface area (Å²) in [6.45, 7) is 7.83. The van der Waals surface area contributed by atoms with Crippen LogP contribution in [0.3, 0.4) is 0 Å². The molecule has 0 unspecified atom stereocenters. The predicted octanol–water partition coefficient (Wildman–Crippen LogP) is 10.4. The average Bonchev–Trinajstić information content (AvgIpc) is 3.14. The zero-order valence-corrected chi connectivity index (χ0v) is 32.2. The molecule has 3 aliphatic heterocycles. The van der Waals surface area contributed by atoms with Gasteiger partial charge in [0.05, 0.1) is 87.4 Å². The number of hydrogen-bond acceptors (Lipinski definition) is 10. The first-order valence-corrected chi connectivity index (χ1v) is 18.8. The molecule has 0 atom stereocenters. The quantitative estimate of drug-likeness (QED) is 0.0642. The summed E-state index contributed by atoms with van der Waals surface area (Å²) in [5.41, 5.74) is 5.53. The number of hydrogen-bond donors (Lipinski definition) is 0. The van der Waals surface area contributed by atoms with Gasteiger partial charge in [0.25, 0.3) is 0 Å². The minimum atomic E-state index is -10.7. The molecule has 0 saturated carbocycles. The Hall–Kier alpha value is -4.57. The molecule has 0 amide bonds. The third-order valence-corrected chi connectivity index (χ3v) is 6.93. The maximum absolute atomic E-state index is 10.7. The van der Waals surface area contributed by atoms with Gasteiger partial charge in [-0.25, -0.2) is 9.97 Å². The molecule has 0 radical (unpaired) electrons. The van der Waals surface area contributed by atoms with E-state index >= 15 is 0 Å². The van der Waals surface area contributed by atoms with Crippen LogP contribution < -0.4 is 9.47 Å². The van der Waals surface area contributed by atoms with Gasteiger partial charge in [-0.05, 0) is 60.7 Å². The summed E-state index contributed by atoms with van der Waals surface area (Å²) in [5.74, 6) is 1.57. The molecule has 5 aromatic rings. The second-order valence-electron chi connectivity index (χ2n) is 11.2. The molecular weight excluding hydrogens is 817 g/mol. The summed E-state index contributed by atoms with van der Waals surface area (Å²) >= 11 is 0. The van der Waals surface area contributed by atoms with Crippen molar-refractivity contribution in [2.24, 2.45) is 0 Å². The number of rotatable bonds is 0. The molecule has 10 nitrogen and oxygen atoms in total. The van der Waals surface area contributed by atoms with Crippen LogP contribution in [0.5, 0.6) is 11.5 Å². The fourth-order valence-corrected chi connectivity index (χ4v) is 4.73. The Morgan fingerprint density at radius 3 is 1.00 bits per heavy atom. The Balaban J connectivity index is 0.000000675. The van der Waals surface area contributed by atoms with Crippen molar-refractivity contribution in [1.29, 1.82) is 10.5 Å². The van der Waals surface area contributed by atoms with Gasteiger partial charge in [-0.1, -0.05) is 24.3 Å². The first-order chi connectivity index (χ1) is 26.1. The summed E-state index contributed by atoms with van der Waals surface area (Å²) in [6.07, 6.45) is 0. The molecule has 56 heavy (non-hydrogen) atoms. The molecule has 2 aromatic heterocycles. The normalized spacial score (nSPS) is 15.2. The minimum absolute atomic E-state index is 0.